The molecule has 19 heavy (non-hydrogen) atoms. The molecule has 0 aromatic heterocycles. The van der Waals surface area contributed by atoms with Crippen molar-refractivity contribution >= 4 is 40.6 Å². The summed E-state index contributed by atoms with van der Waals surface area (Å²) in [4.78, 5) is 12.3. The first-order valence-electron chi connectivity index (χ1n) is 5.36. The van der Waals surface area contributed by atoms with Gasteiger partial charge in [0, 0.05) is 11.1 Å². The van der Waals surface area contributed by atoms with Gasteiger partial charge in [0.25, 0.3) is 0 Å². The summed E-state index contributed by atoms with van der Waals surface area (Å²) in [7, 11) is 1.53. The van der Waals surface area contributed by atoms with E-state index in [-0.39, 0.29) is 5.78 Å². The fraction of sp³-hybridized carbons (Fsp3) is 0.0714. The predicted molar refractivity (Wildman–Crippen MR) is 77.9 cm³/mol. The van der Waals surface area contributed by atoms with E-state index in [0.29, 0.717) is 31.9 Å². The number of carbonyl (C=O) groups is 1. The minimum absolute atomic E-state index is 0.216. The van der Waals surface area contributed by atoms with Gasteiger partial charge in [-0.05, 0) is 36.4 Å². The van der Waals surface area contributed by atoms with Crippen molar-refractivity contribution in [3.05, 3.63) is 62.6 Å². The van der Waals surface area contributed by atoms with Gasteiger partial charge in [-0.25, -0.2) is 0 Å². The van der Waals surface area contributed by atoms with Crippen LogP contribution in [-0.4, -0.2) is 12.9 Å². The highest BCUT2D eigenvalue weighted by Gasteiger charge is 2.14. The number of hydrogen-bond acceptors (Lipinski definition) is 2. The second kappa shape index (κ2) is 5.83. The Bertz CT molecular complexity index is 639. The topological polar surface area (TPSA) is 26.3 Å². The van der Waals surface area contributed by atoms with Gasteiger partial charge in [-0.1, -0.05) is 34.8 Å². The SMILES string of the molecule is COc1ccc(C(=O)c2ccc(Cl)c(Cl)c2)c(Cl)c1. The van der Waals surface area contributed by atoms with Gasteiger partial charge in [0.15, 0.2) is 5.78 Å². The van der Waals surface area contributed by atoms with Crippen LogP contribution in [0.15, 0.2) is 36.4 Å². The molecule has 0 amide bonds. The highest BCUT2D eigenvalue weighted by Crippen LogP contribution is 2.27. The third-order valence-corrected chi connectivity index (χ3v) is 3.65. The molecule has 0 aliphatic heterocycles. The fourth-order valence-corrected chi connectivity index (χ4v) is 2.15. The van der Waals surface area contributed by atoms with Gasteiger partial charge in [0.1, 0.15) is 5.75 Å². The molecule has 0 atom stereocenters. The Labute approximate surface area is 125 Å². The van der Waals surface area contributed by atoms with E-state index in [0.717, 1.165) is 0 Å². The normalized spacial score (nSPS) is 10.3. The van der Waals surface area contributed by atoms with Crippen LogP contribution in [0.3, 0.4) is 0 Å². The van der Waals surface area contributed by atoms with Gasteiger partial charge >= 0.3 is 0 Å². The van der Waals surface area contributed by atoms with Gasteiger partial charge < -0.3 is 4.74 Å². The van der Waals surface area contributed by atoms with Crippen molar-refractivity contribution in [2.75, 3.05) is 7.11 Å². The monoisotopic (exact) mass is 314 g/mol. The minimum Gasteiger partial charge on any atom is -0.497 e. The molecule has 0 aliphatic carbocycles. The van der Waals surface area contributed by atoms with Gasteiger partial charge in [-0.15, -0.1) is 0 Å². The summed E-state index contributed by atoms with van der Waals surface area (Å²) in [5.74, 6) is 0.377. The Morgan fingerprint density at radius 2 is 1.68 bits per heavy atom. The van der Waals surface area contributed by atoms with Crippen molar-refractivity contribution in [2.45, 2.75) is 0 Å². The standard InChI is InChI=1S/C14H9Cl3O2/c1-19-9-3-4-10(12(16)7-9)14(18)8-2-5-11(15)13(17)6-8/h2-7H,1H3. The van der Waals surface area contributed by atoms with E-state index >= 15 is 0 Å². The average Bonchev–Trinajstić information content (AvgIpc) is 2.41. The quantitative estimate of drug-likeness (QED) is 0.754. The van der Waals surface area contributed by atoms with Crippen LogP contribution in [0.2, 0.25) is 15.1 Å². The van der Waals surface area contributed by atoms with Crippen LogP contribution in [0.1, 0.15) is 15.9 Å². The van der Waals surface area contributed by atoms with E-state index in [2.05, 4.69) is 0 Å². The molecule has 0 unspecified atom stereocenters. The summed E-state index contributed by atoms with van der Waals surface area (Å²) in [5.41, 5.74) is 0.822. The van der Waals surface area contributed by atoms with Crippen LogP contribution in [0.25, 0.3) is 0 Å². The second-order valence-corrected chi connectivity index (χ2v) is 5.03. The smallest absolute Gasteiger partial charge is 0.194 e. The molecule has 2 aromatic rings. The maximum absolute atomic E-state index is 12.3. The summed E-state index contributed by atoms with van der Waals surface area (Å²) in [5, 5.41) is 1.06. The number of carbonyl (C=O) groups excluding carboxylic acids is 1. The van der Waals surface area contributed by atoms with Gasteiger partial charge in [-0.3, -0.25) is 4.79 Å². The largest absolute Gasteiger partial charge is 0.497 e. The van der Waals surface area contributed by atoms with Crippen LogP contribution in [0.5, 0.6) is 5.75 Å². The lowest BCUT2D eigenvalue weighted by Crippen LogP contribution is -2.02. The summed E-state index contributed by atoms with van der Waals surface area (Å²) in [6.45, 7) is 0. The number of halogens is 3. The molecule has 0 saturated heterocycles. The van der Waals surface area contributed by atoms with Crippen LogP contribution in [0.4, 0.5) is 0 Å². The van der Waals surface area contributed by atoms with E-state index in [1.54, 1.807) is 30.3 Å². The van der Waals surface area contributed by atoms with E-state index < -0.39 is 0 Å². The molecule has 98 valence electrons. The molecular weight excluding hydrogens is 307 g/mol. The molecule has 0 saturated carbocycles. The Balaban J connectivity index is 2.41. The minimum atomic E-state index is -0.216. The summed E-state index contributed by atoms with van der Waals surface area (Å²) >= 11 is 17.8. The average molecular weight is 316 g/mol. The highest BCUT2D eigenvalue weighted by molar-refractivity contribution is 6.42. The molecule has 2 nitrogen and oxygen atoms in total. The number of rotatable bonds is 3. The summed E-state index contributed by atoms with van der Waals surface area (Å²) in [6, 6.07) is 9.59. The van der Waals surface area contributed by atoms with Crippen molar-refractivity contribution in [1.29, 1.82) is 0 Å². The molecule has 0 N–H and O–H groups in total. The zero-order valence-electron chi connectivity index (χ0n) is 9.91. The second-order valence-electron chi connectivity index (χ2n) is 3.80. The van der Waals surface area contributed by atoms with E-state index in [1.807, 2.05) is 0 Å². The van der Waals surface area contributed by atoms with Crippen molar-refractivity contribution < 1.29 is 9.53 Å². The number of methoxy groups -OCH3 is 1. The molecule has 0 heterocycles. The molecule has 2 aromatic carbocycles. The molecular formula is C14H9Cl3O2. The zero-order valence-corrected chi connectivity index (χ0v) is 12.2. The lowest BCUT2D eigenvalue weighted by atomic mass is 10.0. The van der Waals surface area contributed by atoms with Crippen LogP contribution in [0, 0.1) is 0 Å². The van der Waals surface area contributed by atoms with E-state index in [4.69, 9.17) is 39.5 Å². The van der Waals surface area contributed by atoms with Crippen molar-refractivity contribution in [1.82, 2.24) is 0 Å². The first-order valence-corrected chi connectivity index (χ1v) is 6.49. The molecule has 2 rings (SSSR count). The maximum atomic E-state index is 12.3. The lowest BCUT2D eigenvalue weighted by molar-refractivity contribution is 0.103. The van der Waals surface area contributed by atoms with Gasteiger partial charge in [0.2, 0.25) is 0 Å². The molecule has 0 radical (unpaired) electrons. The van der Waals surface area contributed by atoms with Crippen molar-refractivity contribution in [2.24, 2.45) is 0 Å². The Hall–Kier alpha value is -1.22. The van der Waals surface area contributed by atoms with Crippen molar-refractivity contribution in [3.63, 3.8) is 0 Å². The van der Waals surface area contributed by atoms with Gasteiger partial charge in [-0.2, -0.15) is 0 Å². The zero-order chi connectivity index (χ0) is 14.0. The van der Waals surface area contributed by atoms with Gasteiger partial charge in [0.05, 0.1) is 22.2 Å². The number of ether oxygens (including phenoxy) is 1. The molecule has 0 fully saturated rings. The molecule has 0 bridgehead atoms. The van der Waals surface area contributed by atoms with Crippen molar-refractivity contribution in [3.8, 4) is 5.75 Å². The lowest BCUT2D eigenvalue weighted by Gasteiger charge is -2.07. The Morgan fingerprint density at radius 3 is 2.26 bits per heavy atom. The third-order valence-electron chi connectivity index (χ3n) is 2.60. The van der Waals surface area contributed by atoms with Crippen LogP contribution < -0.4 is 4.74 Å². The van der Waals surface area contributed by atoms with Crippen LogP contribution >= 0.6 is 34.8 Å². The molecule has 0 spiro atoms. The number of hydrogen-bond donors (Lipinski definition) is 0. The molecule has 5 heteroatoms. The summed E-state index contributed by atoms with van der Waals surface area (Å²) < 4.78 is 5.04. The first-order chi connectivity index (χ1) is 9.02. The highest BCUT2D eigenvalue weighted by atomic mass is 35.5. The van der Waals surface area contributed by atoms with Crippen LogP contribution in [-0.2, 0) is 0 Å². The maximum Gasteiger partial charge on any atom is 0.194 e. The first kappa shape index (κ1) is 14.2. The number of ketones is 1. The number of benzene rings is 2. The Morgan fingerprint density at radius 1 is 0.947 bits per heavy atom. The summed E-state index contributed by atoms with van der Waals surface area (Å²) in [6.07, 6.45) is 0. The van der Waals surface area contributed by atoms with E-state index in [1.165, 1.54) is 13.2 Å². The van der Waals surface area contributed by atoms with E-state index in [9.17, 15) is 4.79 Å². The Kier molecular flexibility index (Phi) is 4.35. The molecule has 0 aliphatic rings. The predicted octanol–water partition coefficient (Wildman–Crippen LogP) is 4.89. The third kappa shape index (κ3) is 3.03. The fourth-order valence-electron chi connectivity index (χ4n) is 1.60.